The van der Waals surface area contributed by atoms with Gasteiger partial charge in [-0.25, -0.2) is 0 Å². The standard InChI is InChI=1S/C37H39Cl3N2O4/c1-24-33(22-42(3)25(2)28-9-5-4-6-10-28)45-35(46-34(24)30-14-12-26(23-43)13-15-30)31-18-16-29(17-19-31)32-11-7-8-27(20-32)21-41-36(44)37(38,39)40/h4-20,24-25,33-35,43H,21-23H2,1-3H3,(H,41,44)/t24-,25+,33+,34+,35+/m1/s1. The maximum absolute atomic E-state index is 12.0. The molecule has 1 saturated heterocycles. The Morgan fingerprint density at radius 1 is 0.870 bits per heavy atom. The number of rotatable bonds is 10. The SMILES string of the molecule is C[C@@H]1[C@H](CN(C)[C@@H](C)c2ccccc2)O[C@H](c2ccc(-c3cccc(CNC(=O)C(Cl)(Cl)Cl)c3)cc2)O[C@@H]1c1ccc(CO)cc1. The van der Waals surface area contributed by atoms with Crippen LogP contribution in [0.1, 0.15) is 60.1 Å². The van der Waals surface area contributed by atoms with Gasteiger partial charge in [0, 0.05) is 30.6 Å². The molecular weight excluding hydrogens is 643 g/mol. The molecule has 0 bridgehead atoms. The van der Waals surface area contributed by atoms with Crippen LogP contribution < -0.4 is 5.32 Å². The molecule has 4 aromatic carbocycles. The van der Waals surface area contributed by atoms with E-state index in [9.17, 15) is 9.90 Å². The largest absolute Gasteiger partial charge is 0.392 e. The minimum Gasteiger partial charge on any atom is -0.392 e. The number of ether oxygens (including phenoxy) is 2. The van der Waals surface area contributed by atoms with E-state index in [0.29, 0.717) is 0 Å². The molecule has 4 aromatic rings. The molecule has 1 aliphatic rings. The number of halogens is 3. The van der Waals surface area contributed by atoms with Crippen LogP contribution in [0.4, 0.5) is 0 Å². The van der Waals surface area contributed by atoms with Crippen LogP contribution in [0, 0.1) is 5.92 Å². The Labute approximate surface area is 286 Å². The molecule has 1 aliphatic heterocycles. The highest BCUT2D eigenvalue weighted by Crippen LogP contribution is 2.42. The Morgan fingerprint density at radius 2 is 1.54 bits per heavy atom. The van der Waals surface area contributed by atoms with Gasteiger partial charge in [-0.3, -0.25) is 9.69 Å². The summed E-state index contributed by atoms with van der Waals surface area (Å²) < 4.78 is 11.4. The van der Waals surface area contributed by atoms with Crippen molar-refractivity contribution in [3.8, 4) is 11.1 Å². The van der Waals surface area contributed by atoms with Crippen LogP contribution in [0.2, 0.25) is 0 Å². The number of nitrogens with one attached hydrogen (secondary N) is 1. The first-order valence-corrected chi connectivity index (χ1v) is 16.5. The highest BCUT2D eigenvalue weighted by Gasteiger charge is 2.39. The van der Waals surface area contributed by atoms with E-state index in [2.05, 4.69) is 55.4 Å². The highest BCUT2D eigenvalue weighted by atomic mass is 35.6. The van der Waals surface area contributed by atoms with Gasteiger partial charge < -0.3 is 19.9 Å². The Hall–Kier alpha value is -2.94. The summed E-state index contributed by atoms with van der Waals surface area (Å²) in [6.07, 6.45) is -0.866. The van der Waals surface area contributed by atoms with Crippen LogP contribution in [0.25, 0.3) is 11.1 Å². The molecule has 242 valence electrons. The van der Waals surface area contributed by atoms with Gasteiger partial charge >= 0.3 is 0 Å². The van der Waals surface area contributed by atoms with Crippen molar-refractivity contribution in [2.24, 2.45) is 5.92 Å². The van der Waals surface area contributed by atoms with Gasteiger partial charge in [-0.1, -0.05) is 139 Å². The molecule has 0 saturated carbocycles. The molecular formula is C37H39Cl3N2O4. The Bertz CT molecular complexity index is 1580. The molecule has 0 radical (unpaired) electrons. The van der Waals surface area contributed by atoms with E-state index in [-0.39, 0.29) is 37.3 Å². The predicted octanol–water partition coefficient (Wildman–Crippen LogP) is 8.32. The fraction of sp³-hybridized carbons (Fsp3) is 0.324. The quantitative estimate of drug-likeness (QED) is 0.165. The van der Waals surface area contributed by atoms with E-state index in [0.717, 1.165) is 39.9 Å². The molecule has 6 nitrogen and oxygen atoms in total. The lowest BCUT2D eigenvalue weighted by molar-refractivity contribution is -0.276. The van der Waals surface area contributed by atoms with Gasteiger partial charge in [0.2, 0.25) is 0 Å². The van der Waals surface area contributed by atoms with Crippen molar-refractivity contribution >= 4 is 40.7 Å². The number of hydrogen-bond acceptors (Lipinski definition) is 5. The summed E-state index contributed by atoms with van der Waals surface area (Å²) in [6, 6.07) is 34.7. The number of alkyl halides is 3. The summed E-state index contributed by atoms with van der Waals surface area (Å²) in [4.78, 5) is 14.3. The van der Waals surface area contributed by atoms with Crippen LogP contribution in [-0.2, 0) is 27.4 Å². The highest BCUT2D eigenvalue weighted by molar-refractivity contribution is 6.76. The van der Waals surface area contributed by atoms with Crippen molar-refractivity contribution in [3.63, 3.8) is 0 Å². The topological polar surface area (TPSA) is 71.0 Å². The normalized spacial score (nSPS) is 20.8. The molecule has 0 spiro atoms. The van der Waals surface area contributed by atoms with Gasteiger partial charge in [0.15, 0.2) is 6.29 Å². The molecule has 2 N–H and O–H groups in total. The second-order valence-electron chi connectivity index (χ2n) is 11.9. The van der Waals surface area contributed by atoms with Gasteiger partial charge in [0.25, 0.3) is 9.70 Å². The molecule has 0 aliphatic carbocycles. The monoisotopic (exact) mass is 680 g/mol. The minimum absolute atomic E-state index is 0.00324. The van der Waals surface area contributed by atoms with Crippen molar-refractivity contribution in [3.05, 3.63) is 131 Å². The van der Waals surface area contributed by atoms with Gasteiger partial charge in [-0.15, -0.1) is 0 Å². The third-order valence-corrected chi connectivity index (χ3v) is 9.20. The van der Waals surface area contributed by atoms with Crippen molar-refractivity contribution in [2.75, 3.05) is 13.6 Å². The van der Waals surface area contributed by atoms with Gasteiger partial charge in [0.1, 0.15) is 0 Å². The summed E-state index contributed by atoms with van der Waals surface area (Å²) >= 11 is 17.0. The fourth-order valence-electron chi connectivity index (χ4n) is 5.73. The van der Waals surface area contributed by atoms with Gasteiger partial charge in [-0.05, 0) is 53.4 Å². The van der Waals surface area contributed by atoms with Crippen LogP contribution >= 0.6 is 34.8 Å². The maximum Gasteiger partial charge on any atom is 0.272 e. The average molecular weight is 682 g/mol. The van der Waals surface area contributed by atoms with Crippen LogP contribution in [-0.4, -0.2) is 39.4 Å². The maximum atomic E-state index is 12.0. The van der Waals surface area contributed by atoms with E-state index >= 15 is 0 Å². The third kappa shape index (κ3) is 8.50. The number of amides is 1. The molecule has 9 heteroatoms. The summed E-state index contributed by atoms with van der Waals surface area (Å²) in [5.74, 6) is -0.596. The van der Waals surface area contributed by atoms with Crippen molar-refractivity contribution in [1.29, 1.82) is 0 Å². The number of carbonyl (C=O) groups is 1. The summed E-state index contributed by atoms with van der Waals surface area (Å²) in [5, 5.41) is 12.2. The van der Waals surface area contributed by atoms with E-state index in [1.54, 1.807) is 0 Å². The van der Waals surface area contributed by atoms with Crippen LogP contribution in [0.5, 0.6) is 0 Å². The Morgan fingerprint density at radius 3 is 2.20 bits per heavy atom. The first kappa shape index (κ1) is 34.4. The smallest absolute Gasteiger partial charge is 0.272 e. The number of aliphatic hydroxyl groups excluding tert-OH is 1. The van der Waals surface area contributed by atoms with E-state index < -0.39 is 16.0 Å². The first-order chi connectivity index (χ1) is 22.0. The third-order valence-electron chi connectivity index (χ3n) is 8.69. The van der Waals surface area contributed by atoms with Gasteiger partial charge in [-0.2, -0.15) is 0 Å². The number of nitrogens with zero attached hydrogens (tertiary/aromatic N) is 1. The zero-order valence-electron chi connectivity index (χ0n) is 26.1. The molecule has 46 heavy (non-hydrogen) atoms. The molecule has 1 amide bonds. The number of benzene rings is 4. The molecule has 0 aromatic heterocycles. The van der Waals surface area contributed by atoms with Crippen LogP contribution in [0.3, 0.4) is 0 Å². The lowest BCUT2D eigenvalue weighted by Crippen LogP contribution is -2.44. The van der Waals surface area contributed by atoms with Gasteiger partial charge in [0.05, 0.1) is 18.8 Å². The summed E-state index contributed by atoms with van der Waals surface area (Å²) in [6.45, 7) is 5.35. The Kier molecular flexibility index (Phi) is 11.4. The Balaban J connectivity index is 1.35. The average Bonchev–Trinajstić information content (AvgIpc) is 3.08. The number of carbonyl (C=O) groups excluding carboxylic acids is 1. The lowest BCUT2D eigenvalue weighted by atomic mass is 9.89. The molecule has 1 heterocycles. The lowest BCUT2D eigenvalue weighted by Gasteiger charge is -2.43. The predicted molar refractivity (Wildman–Crippen MR) is 184 cm³/mol. The summed E-state index contributed by atoms with van der Waals surface area (Å²) in [5.41, 5.74) is 6.96. The minimum atomic E-state index is -2.01. The van der Waals surface area contributed by atoms with E-state index in [1.807, 2.05) is 78.9 Å². The fourth-order valence-corrected chi connectivity index (χ4v) is 5.93. The molecule has 1 fully saturated rings. The van der Waals surface area contributed by atoms with Crippen molar-refractivity contribution in [2.45, 2.75) is 55.3 Å². The van der Waals surface area contributed by atoms with Crippen molar-refractivity contribution in [1.82, 2.24) is 10.2 Å². The second-order valence-corrected chi connectivity index (χ2v) is 14.1. The summed E-state index contributed by atoms with van der Waals surface area (Å²) in [7, 11) is 2.13. The zero-order chi connectivity index (χ0) is 32.8. The number of likely N-dealkylation sites (N-methyl/N-ethyl adjacent to an activating group) is 1. The van der Waals surface area contributed by atoms with Crippen molar-refractivity contribution < 1.29 is 19.4 Å². The van der Waals surface area contributed by atoms with E-state index in [4.69, 9.17) is 44.3 Å². The molecule has 0 unspecified atom stereocenters. The number of aliphatic hydroxyl groups is 1. The second kappa shape index (κ2) is 15.3. The zero-order valence-corrected chi connectivity index (χ0v) is 28.3. The van der Waals surface area contributed by atoms with Crippen LogP contribution in [0.15, 0.2) is 103 Å². The number of hydrogen-bond donors (Lipinski definition) is 2. The van der Waals surface area contributed by atoms with E-state index in [1.165, 1.54) is 5.56 Å². The molecule has 5 rings (SSSR count). The first-order valence-electron chi connectivity index (χ1n) is 15.3. The molecule has 5 atom stereocenters.